The van der Waals surface area contributed by atoms with Crippen molar-refractivity contribution >= 4 is 5.69 Å². The summed E-state index contributed by atoms with van der Waals surface area (Å²) in [5.41, 5.74) is 1.26. The first-order valence-corrected chi connectivity index (χ1v) is 9.58. The van der Waals surface area contributed by atoms with Gasteiger partial charge in [-0.25, -0.2) is 0 Å². The van der Waals surface area contributed by atoms with Crippen molar-refractivity contribution in [3.8, 4) is 5.75 Å². The molecule has 4 heteroatoms. The van der Waals surface area contributed by atoms with Crippen molar-refractivity contribution in [3.63, 3.8) is 0 Å². The zero-order valence-electron chi connectivity index (χ0n) is 15.1. The number of halogens is 1. The number of quaternary nitrogens is 1. The second-order valence-corrected chi connectivity index (χ2v) is 7.31. The molecule has 0 unspecified atom stereocenters. The highest BCUT2D eigenvalue weighted by Crippen LogP contribution is 2.28. The van der Waals surface area contributed by atoms with E-state index in [4.69, 9.17) is 4.74 Å². The van der Waals surface area contributed by atoms with Crippen LogP contribution in [0.1, 0.15) is 44.9 Å². The number of nitrogens with one attached hydrogen (secondary N) is 1. The highest BCUT2D eigenvalue weighted by atomic mass is 35.5. The van der Waals surface area contributed by atoms with Gasteiger partial charge in [0.25, 0.3) is 0 Å². The molecule has 1 aromatic carbocycles. The number of ether oxygens (including phenoxy) is 1. The molecule has 0 aromatic heterocycles. The molecular weight excluding hydrogens is 320 g/mol. The van der Waals surface area contributed by atoms with E-state index in [1.165, 1.54) is 70.3 Å². The highest BCUT2D eigenvalue weighted by Gasteiger charge is 2.22. The molecule has 136 valence electrons. The van der Waals surface area contributed by atoms with Gasteiger partial charge in [-0.1, -0.05) is 44.2 Å². The third-order valence-corrected chi connectivity index (χ3v) is 5.76. The van der Waals surface area contributed by atoms with Crippen LogP contribution in [0.4, 0.5) is 5.69 Å². The first-order valence-electron chi connectivity index (χ1n) is 9.58. The fraction of sp³-hybridized carbons (Fsp3) is 0.700. The standard InChI is InChI=1S/C20H32N2O.ClH/c1-23-20-12-6-5-11-19(20)22-16-14-21(15-17-22)13-7-10-18-8-3-2-4-9-18;/h5-6,11-12,18H,2-4,7-10,13-17H2,1H3;1H. The van der Waals surface area contributed by atoms with E-state index < -0.39 is 0 Å². The van der Waals surface area contributed by atoms with Gasteiger partial charge in [0.2, 0.25) is 0 Å². The molecule has 0 atom stereocenters. The van der Waals surface area contributed by atoms with Gasteiger partial charge in [0.15, 0.2) is 0 Å². The van der Waals surface area contributed by atoms with Gasteiger partial charge in [-0.15, -0.1) is 0 Å². The van der Waals surface area contributed by atoms with E-state index in [1.54, 1.807) is 12.0 Å². The number of rotatable bonds is 6. The van der Waals surface area contributed by atoms with Gasteiger partial charge < -0.3 is 26.9 Å². The Morgan fingerprint density at radius 2 is 1.79 bits per heavy atom. The molecular formula is C20H33ClN2O. The zero-order chi connectivity index (χ0) is 15.9. The number of methoxy groups -OCH3 is 1. The molecule has 0 radical (unpaired) electrons. The predicted molar refractivity (Wildman–Crippen MR) is 96.6 cm³/mol. The molecule has 1 N–H and O–H groups in total. The number of piperazine rings is 1. The fourth-order valence-corrected chi connectivity index (χ4v) is 4.32. The van der Waals surface area contributed by atoms with Crippen LogP contribution >= 0.6 is 0 Å². The molecule has 3 nitrogen and oxygen atoms in total. The van der Waals surface area contributed by atoms with E-state index in [1.807, 2.05) is 0 Å². The number of hydrogen-bond acceptors (Lipinski definition) is 2. The molecule has 24 heavy (non-hydrogen) atoms. The third kappa shape index (κ3) is 5.29. The van der Waals surface area contributed by atoms with E-state index in [0.29, 0.717) is 0 Å². The number of para-hydroxylation sites is 2. The van der Waals surface area contributed by atoms with Gasteiger partial charge in [0, 0.05) is 0 Å². The minimum atomic E-state index is 0. The lowest BCUT2D eigenvalue weighted by atomic mass is 9.86. The largest absolute Gasteiger partial charge is 1.00 e. The van der Waals surface area contributed by atoms with Crippen LogP contribution in [0.25, 0.3) is 0 Å². The molecule has 1 aliphatic carbocycles. The van der Waals surface area contributed by atoms with E-state index in [2.05, 4.69) is 29.2 Å². The maximum absolute atomic E-state index is 5.51. The molecule has 1 heterocycles. The number of hydrogen-bond donors (Lipinski definition) is 1. The van der Waals surface area contributed by atoms with Crippen LogP contribution in [0.2, 0.25) is 0 Å². The smallest absolute Gasteiger partial charge is 0.142 e. The third-order valence-electron chi connectivity index (χ3n) is 5.76. The summed E-state index contributed by atoms with van der Waals surface area (Å²) in [7, 11) is 1.77. The first-order chi connectivity index (χ1) is 11.4. The van der Waals surface area contributed by atoms with Crippen LogP contribution in [0, 0.1) is 5.92 Å². The Hall–Kier alpha value is -0.930. The predicted octanol–water partition coefficient (Wildman–Crippen LogP) is -0.235. The van der Waals surface area contributed by atoms with E-state index in [0.717, 1.165) is 24.8 Å². The Kier molecular flexibility index (Phi) is 8.20. The number of anilines is 1. The minimum Gasteiger partial charge on any atom is -1.00 e. The highest BCUT2D eigenvalue weighted by molar-refractivity contribution is 5.58. The van der Waals surface area contributed by atoms with E-state index in [-0.39, 0.29) is 12.4 Å². The monoisotopic (exact) mass is 352 g/mol. The van der Waals surface area contributed by atoms with Crippen LogP contribution < -0.4 is 26.9 Å². The molecule has 0 bridgehead atoms. The van der Waals surface area contributed by atoms with Gasteiger partial charge in [0.05, 0.1) is 45.5 Å². The van der Waals surface area contributed by atoms with Crippen molar-refractivity contribution in [1.82, 2.24) is 0 Å². The lowest BCUT2D eigenvalue weighted by Crippen LogP contribution is -3.14. The average Bonchev–Trinajstić information content (AvgIpc) is 2.63. The van der Waals surface area contributed by atoms with Crippen molar-refractivity contribution in [3.05, 3.63) is 24.3 Å². The van der Waals surface area contributed by atoms with Gasteiger partial charge in [0.1, 0.15) is 5.75 Å². The van der Waals surface area contributed by atoms with Crippen molar-refractivity contribution in [2.75, 3.05) is 44.7 Å². The normalized spacial score (nSPS) is 19.8. The molecule has 2 fully saturated rings. The first kappa shape index (κ1) is 19.4. The molecule has 1 saturated heterocycles. The summed E-state index contributed by atoms with van der Waals surface area (Å²) in [6, 6.07) is 8.42. The lowest BCUT2D eigenvalue weighted by molar-refractivity contribution is -0.900. The Morgan fingerprint density at radius 1 is 1.08 bits per heavy atom. The van der Waals surface area contributed by atoms with E-state index in [9.17, 15) is 0 Å². The summed E-state index contributed by atoms with van der Waals surface area (Å²) in [6.45, 7) is 6.21. The second kappa shape index (κ2) is 10.1. The van der Waals surface area contributed by atoms with Gasteiger partial charge in [-0.2, -0.15) is 0 Å². The van der Waals surface area contributed by atoms with Crippen molar-refractivity contribution < 1.29 is 22.0 Å². The topological polar surface area (TPSA) is 16.9 Å². The maximum atomic E-state index is 5.51. The Bertz CT molecular complexity index is 468. The molecule has 1 aliphatic heterocycles. The van der Waals surface area contributed by atoms with Crippen LogP contribution in [0.5, 0.6) is 5.75 Å². The molecule has 0 amide bonds. The summed E-state index contributed by atoms with van der Waals surface area (Å²) < 4.78 is 5.51. The van der Waals surface area contributed by atoms with Gasteiger partial charge >= 0.3 is 0 Å². The van der Waals surface area contributed by atoms with Crippen molar-refractivity contribution in [2.24, 2.45) is 5.92 Å². The summed E-state index contributed by atoms with van der Waals surface area (Å²) >= 11 is 0. The summed E-state index contributed by atoms with van der Waals surface area (Å²) in [6.07, 6.45) is 10.3. The second-order valence-electron chi connectivity index (χ2n) is 7.31. The van der Waals surface area contributed by atoms with Crippen LogP contribution in [0.3, 0.4) is 0 Å². The lowest BCUT2D eigenvalue weighted by Gasteiger charge is -2.34. The fourth-order valence-electron chi connectivity index (χ4n) is 4.32. The van der Waals surface area contributed by atoms with Gasteiger partial charge in [-0.05, 0) is 30.9 Å². The molecule has 2 aliphatic rings. The molecule has 3 rings (SSSR count). The quantitative estimate of drug-likeness (QED) is 0.761. The maximum Gasteiger partial charge on any atom is 0.142 e. The van der Waals surface area contributed by atoms with Crippen LogP contribution in [-0.2, 0) is 0 Å². The minimum absolute atomic E-state index is 0. The Balaban J connectivity index is 0.00000208. The Morgan fingerprint density at radius 3 is 2.50 bits per heavy atom. The zero-order valence-corrected chi connectivity index (χ0v) is 15.9. The summed E-state index contributed by atoms with van der Waals surface area (Å²) in [4.78, 5) is 4.29. The molecule has 0 spiro atoms. The molecule has 1 saturated carbocycles. The van der Waals surface area contributed by atoms with Gasteiger partial charge in [-0.3, -0.25) is 0 Å². The SMILES string of the molecule is COc1ccccc1N1CC[NH+](CCCC2CCCCC2)CC1.[Cl-]. The summed E-state index contributed by atoms with van der Waals surface area (Å²) in [5, 5.41) is 0. The van der Waals surface area contributed by atoms with Crippen molar-refractivity contribution in [2.45, 2.75) is 44.9 Å². The van der Waals surface area contributed by atoms with Crippen molar-refractivity contribution in [1.29, 1.82) is 0 Å². The molecule has 1 aromatic rings. The number of benzene rings is 1. The van der Waals surface area contributed by atoms with Crippen LogP contribution in [-0.4, -0.2) is 39.8 Å². The van der Waals surface area contributed by atoms with E-state index >= 15 is 0 Å². The van der Waals surface area contributed by atoms with Crippen LogP contribution in [0.15, 0.2) is 24.3 Å². The average molecular weight is 353 g/mol. The summed E-state index contributed by atoms with van der Waals surface area (Å²) in [5.74, 6) is 2.05. The number of nitrogens with zero attached hydrogens (tertiary/aromatic N) is 1. The Labute approximate surface area is 153 Å².